The summed E-state index contributed by atoms with van der Waals surface area (Å²) in [5.41, 5.74) is 0.402. The zero-order valence-corrected chi connectivity index (χ0v) is 13.5. The molecule has 19 heavy (non-hydrogen) atoms. The van der Waals surface area contributed by atoms with E-state index in [1.807, 2.05) is 0 Å². The molecule has 2 nitrogen and oxygen atoms in total. The van der Waals surface area contributed by atoms with Crippen molar-refractivity contribution in [2.45, 2.75) is 77.8 Å². The minimum absolute atomic E-state index is 0.402. The van der Waals surface area contributed by atoms with Crippen LogP contribution >= 0.6 is 0 Å². The van der Waals surface area contributed by atoms with Crippen LogP contribution in [0.15, 0.2) is 0 Å². The maximum atomic E-state index is 3.69. The lowest BCUT2D eigenvalue weighted by Gasteiger charge is -2.39. The van der Waals surface area contributed by atoms with E-state index in [1.165, 1.54) is 58.0 Å². The first kappa shape index (κ1) is 15.3. The lowest BCUT2D eigenvalue weighted by atomic mass is 9.83. The van der Waals surface area contributed by atoms with Crippen LogP contribution in [0.4, 0.5) is 0 Å². The van der Waals surface area contributed by atoms with E-state index in [2.05, 4.69) is 38.0 Å². The Balaban J connectivity index is 1.71. The molecule has 0 saturated heterocycles. The van der Waals surface area contributed by atoms with Crippen LogP contribution in [0.25, 0.3) is 0 Å². The molecule has 0 atom stereocenters. The van der Waals surface area contributed by atoms with Crippen LogP contribution in [0.3, 0.4) is 0 Å². The summed E-state index contributed by atoms with van der Waals surface area (Å²) < 4.78 is 0. The maximum Gasteiger partial charge on any atom is 0.00926 e. The molecule has 0 spiro atoms. The van der Waals surface area contributed by atoms with Crippen molar-refractivity contribution in [2.24, 2.45) is 11.3 Å². The van der Waals surface area contributed by atoms with Crippen LogP contribution in [0.1, 0.15) is 65.7 Å². The van der Waals surface area contributed by atoms with Gasteiger partial charge in [0.1, 0.15) is 0 Å². The van der Waals surface area contributed by atoms with Gasteiger partial charge in [0.05, 0.1) is 0 Å². The Morgan fingerprint density at radius 1 is 1.05 bits per heavy atom. The summed E-state index contributed by atoms with van der Waals surface area (Å²) in [5, 5.41) is 3.69. The summed E-state index contributed by atoms with van der Waals surface area (Å²) in [5.74, 6) is 1.01. The van der Waals surface area contributed by atoms with E-state index in [9.17, 15) is 0 Å². The van der Waals surface area contributed by atoms with Gasteiger partial charge < -0.3 is 10.2 Å². The predicted molar refractivity (Wildman–Crippen MR) is 83.5 cm³/mol. The van der Waals surface area contributed by atoms with Gasteiger partial charge in [-0.15, -0.1) is 0 Å². The van der Waals surface area contributed by atoms with Gasteiger partial charge in [-0.25, -0.2) is 0 Å². The van der Waals surface area contributed by atoms with Crippen LogP contribution in [0, 0.1) is 11.3 Å². The molecule has 0 aromatic rings. The van der Waals surface area contributed by atoms with Crippen molar-refractivity contribution < 1.29 is 0 Å². The van der Waals surface area contributed by atoms with Crippen molar-refractivity contribution >= 4 is 0 Å². The quantitative estimate of drug-likeness (QED) is 0.756. The van der Waals surface area contributed by atoms with E-state index < -0.39 is 0 Å². The number of hydrogen-bond donors (Lipinski definition) is 1. The third-order valence-corrected chi connectivity index (χ3v) is 5.14. The minimum atomic E-state index is 0.402. The number of nitrogens with one attached hydrogen (secondary N) is 1. The molecule has 0 aromatic heterocycles. The minimum Gasteiger partial charge on any atom is -0.313 e. The predicted octanol–water partition coefficient (Wildman–Crippen LogP) is 3.67. The summed E-state index contributed by atoms with van der Waals surface area (Å²) in [6.07, 6.45) is 9.91. The topological polar surface area (TPSA) is 15.3 Å². The Labute approximate surface area is 120 Å². The molecule has 0 aromatic carbocycles. The SMILES string of the molecule is CCC1CCC(N(C)CC(C)(C)CNC2CC2)CC1. The van der Waals surface area contributed by atoms with Crippen LogP contribution in [-0.2, 0) is 0 Å². The van der Waals surface area contributed by atoms with Crippen molar-refractivity contribution in [1.82, 2.24) is 10.2 Å². The smallest absolute Gasteiger partial charge is 0.00926 e. The highest BCUT2D eigenvalue weighted by Gasteiger charge is 2.29. The molecule has 1 N–H and O–H groups in total. The Morgan fingerprint density at radius 2 is 1.68 bits per heavy atom. The molecule has 112 valence electrons. The zero-order chi connectivity index (χ0) is 13.9. The monoisotopic (exact) mass is 266 g/mol. The van der Waals surface area contributed by atoms with E-state index in [1.54, 1.807) is 0 Å². The van der Waals surface area contributed by atoms with Gasteiger partial charge in [-0.2, -0.15) is 0 Å². The summed E-state index contributed by atoms with van der Waals surface area (Å²) >= 11 is 0. The Bertz CT molecular complexity index is 262. The highest BCUT2D eigenvalue weighted by molar-refractivity contribution is 4.86. The molecule has 0 amide bonds. The number of nitrogens with zero attached hydrogens (tertiary/aromatic N) is 1. The highest BCUT2D eigenvalue weighted by atomic mass is 15.1. The molecule has 2 rings (SSSR count). The van der Waals surface area contributed by atoms with Crippen molar-refractivity contribution in [3.63, 3.8) is 0 Å². The van der Waals surface area contributed by atoms with Crippen LogP contribution < -0.4 is 5.32 Å². The first-order valence-corrected chi connectivity index (χ1v) is 8.44. The van der Waals surface area contributed by atoms with Crippen LogP contribution in [0.2, 0.25) is 0 Å². The van der Waals surface area contributed by atoms with Gasteiger partial charge in [-0.1, -0.05) is 27.2 Å². The van der Waals surface area contributed by atoms with E-state index in [0.717, 1.165) is 18.0 Å². The van der Waals surface area contributed by atoms with Crippen LogP contribution in [0.5, 0.6) is 0 Å². The third kappa shape index (κ3) is 5.07. The molecule has 0 bridgehead atoms. The third-order valence-electron chi connectivity index (χ3n) is 5.14. The normalized spacial score (nSPS) is 28.9. The molecule has 0 aliphatic heterocycles. The molecule has 2 aliphatic rings. The molecule has 2 heteroatoms. The highest BCUT2D eigenvalue weighted by Crippen LogP contribution is 2.30. The van der Waals surface area contributed by atoms with Gasteiger partial charge >= 0.3 is 0 Å². The Kier molecular flexibility index (Phi) is 5.30. The molecule has 2 saturated carbocycles. The first-order valence-electron chi connectivity index (χ1n) is 8.44. The van der Waals surface area contributed by atoms with Gasteiger partial charge in [-0.05, 0) is 56.9 Å². The number of hydrogen-bond acceptors (Lipinski definition) is 2. The van der Waals surface area contributed by atoms with E-state index >= 15 is 0 Å². The second-order valence-corrected chi connectivity index (χ2v) is 7.82. The van der Waals surface area contributed by atoms with Gasteiger partial charge in [-0.3, -0.25) is 0 Å². The molecule has 0 heterocycles. The van der Waals surface area contributed by atoms with Crippen molar-refractivity contribution in [1.29, 1.82) is 0 Å². The van der Waals surface area contributed by atoms with E-state index in [0.29, 0.717) is 5.41 Å². The lowest BCUT2D eigenvalue weighted by Crippen LogP contribution is -2.44. The Hall–Kier alpha value is -0.0800. The second-order valence-electron chi connectivity index (χ2n) is 7.82. The molecule has 2 fully saturated rings. The molecule has 2 aliphatic carbocycles. The standard InChI is InChI=1S/C17H34N2/c1-5-14-6-10-16(11-7-14)19(4)13-17(2,3)12-18-15-8-9-15/h14-16,18H,5-13H2,1-4H3. The van der Waals surface area contributed by atoms with Gasteiger partial charge in [0.2, 0.25) is 0 Å². The average molecular weight is 266 g/mol. The summed E-state index contributed by atoms with van der Waals surface area (Å²) in [6, 6.07) is 1.67. The number of rotatable bonds is 7. The van der Waals surface area contributed by atoms with Crippen molar-refractivity contribution in [3.8, 4) is 0 Å². The first-order chi connectivity index (χ1) is 9.00. The molecular weight excluding hydrogens is 232 g/mol. The van der Waals surface area contributed by atoms with Gasteiger partial charge in [0.25, 0.3) is 0 Å². The second kappa shape index (κ2) is 6.58. The van der Waals surface area contributed by atoms with E-state index in [-0.39, 0.29) is 0 Å². The zero-order valence-electron chi connectivity index (χ0n) is 13.5. The van der Waals surface area contributed by atoms with Gasteiger partial charge in [0.15, 0.2) is 0 Å². The maximum absolute atomic E-state index is 3.69. The summed E-state index contributed by atoms with van der Waals surface area (Å²) in [7, 11) is 2.34. The molecule has 0 radical (unpaired) electrons. The Morgan fingerprint density at radius 3 is 2.21 bits per heavy atom. The van der Waals surface area contributed by atoms with Crippen molar-refractivity contribution in [2.75, 3.05) is 20.1 Å². The van der Waals surface area contributed by atoms with Gasteiger partial charge in [0, 0.05) is 25.2 Å². The fraction of sp³-hybridized carbons (Fsp3) is 1.00. The van der Waals surface area contributed by atoms with E-state index in [4.69, 9.17) is 0 Å². The van der Waals surface area contributed by atoms with Crippen LogP contribution in [-0.4, -0.2) is 37.1 Å². The van der Waals surface area contributed by atoms with Crippen molar-refractivity contribution in [3.05, 3.63) is 0 Å². The molecular formula is C17H34N2. The fourth-order valence-electron chi connectivity index (χ4n) is 3.56. The average Bonchev–Trinajstić information content (AvgIpc) is 3.20. The summed E-state index contributed by atoms with van der Waals surface area (Å²) in [4.78, 5) is 2.64. The molecule has 0 unspecified atom stereocenters. The largest absolute Gasteiger partial charge is 0.313 e. The lowest BCUT2D eigenvalue weighted by molar-refractivity contribution is 0.116. The summed E-state index contributed by atoms with van der Waals surface area (Å²) in [6.45, 7) is 9.58. The fourth-order valence-corrected chi connectivity index (χ4v) is 3.56.